The molecule has 2 aromatic rings. The Morgan fingerprint density at radius 3 is 2.80 bits per heavy atom. The second kappa shape index (κ2) is 7.22. The van der Waals surface area contributed by atoms with Crippen LogP contribution in [0, 0.1) is 6.92 Å². The minimum atomic E-state index is 0.691. The lowest BCUT2D eigenvalue weighted by molar-refractivity contribution is 0.205. The summed E-state index contributed by atoms with van der Waals surface area (Å²) >= 11 is 0. The Morgan fingerprint density at radius 1 is 1.25 bits per heavy atom. The van der Waals surface area contributed by atoms with E-state index in [0.717, 1.165) is 30.8 Å². The predicted molar refractivity (Wildman–Crippen MR) is 84.2 cm³/mol. The van der Waals surface area contributed by atoms with E-state index < -0.39 is 0 Å². The van der Waals surface area contributed by atoms with Crippen LogP contribution in [-0.4, -0.2) is 38.3 Å². The van der Waals surface area contributed by atoms with Crippen LogP contribution in [0.3, 0.4) is 0 Å². The molecule has 1 heterocycles. The second-order valence-electron chi connectivity index (χ2n) is 4.94. The number of fused-ring (bicyclic) bond motifs is 1. The van der Waals surface area contributed by atoms with E-state index in [9.17, 15) is 0 Å². The highest BCUT2D eigenvalue weighted by Crippen LogP contribution is 2.22. The summed E-state index contributed by atoms with van der Waals surface area (Å²) in [6.07, 6.45) is 0.956. The molecule has 0 atom stereocenters. The van der Waals surface area contributed by atoms with Crippen molar-refractivity contribution >= 4 is 16.7 Å². The minimum absolute atomic E-state index is 0.691. The van der Waals surface area contributed by atoms with Crippen molar-refractivity contribution in [1.82, 2.24) is 4.98 Å². The molecule has 0 amide bonds. The van der Waals surface area contributed by atoms with Gasteiger partial charge in [0, 0.05) is 25.6 Å². The summed E-state index contributed by atoms with van der Waals surface area (Å²) in [5.41, 5.74) is 7.86. The van der Waals surface area contributed by atoms with Gasteiger partial charge in [-0.2, -0.15) is 0 Å². The van der Waals surface area contributed by atoms with Crippen molar-refractivity contribution in [3.63, 3.8) is 0 Å². The molecule has 1 aromatic heterocycles. The van der Waals surface area contributed by atoms with Crippen LogP contribution in [0.1, 0.15) is 12.0 Å². The number of hydrogen-bond donors (Lipinski definition) is 1. The van der Waals surface area contributed by atoms with E-state index in [1.54, 1.807) is 7.11 Å². The standard InChI is InChI=1S/C16H23N3O/c1-13-12-14-6-3-4-7-15(14)18-16(13)19(9-5-8-17)10-11-20-2/h3-4,6-7,12H,5,8-11,17H2,1-2H3. The normalized spacial score (nSPS) is 10.9. The average molecular weight is 273 g/mol. The molecule has 0 bridgehead atoms. The van der Waals surface area contributed by atoms with Crippen molar-refractivity contribution in [1.29, 1.82) is 0 Å². The van der Waals surface area contributed by atoms with Gasteiger partial charge in [-0.1, -0.05) is 18.2 Å². The Kier molecular flexibility index (Phi) is 5.32. The lowest BCUT2D eigenvalue weighted by atomic mass is 10.1. The number of para-hydroxylation sites is 1. The maximum atomic E-state index is 5.63. The Hall–Kier alpha value is -1.65. The van der Waals surface area contributed by atoms with E-state index in [0.29, 0.717) is 13.2 Å². The number of nitrogens with two attached hydrogens (primary N) is 1. The number of nitrogens with zero attached hydrogens (tertiary/aromatic N) is 2. The summed E-state index contributed by atoms with van der Waals surface area (Å²) in [5, 5.41) is 1.18. The molecule has 0 radical (unpaired) electrons. The third-order valence-electron chi connectivity index (χ3n) is 3.38. The van der Waals surface area contributed by atoms with Crippen LogP contribution in [0.5, 0.6) is 0 Å². The summed E-state index contributed by atoms with van der Waals surface area (Å²) in [5.74, 6) is 1.04. The van der Waals surface area contributed by atoms with Crippen LogP contribution >= 0.6 is 0 Å². The zero-order chi connectivity index (χ0) is 14.4. The second-order valence-corrected chi connectivity index (χ2v) is 4.94. The molecule has 0 fully saturated rings. The monoisotopic (exact) mass is 273 g/mol. The zero-order valence-electron chi connectivity index (χ0n) is 12.3. The fourth-order valence-electron chi connectivity index (χ4n) is 2.34. The number of rotatable bonds is 7. The molecule has 4 nitrogen and oxygen atoms in total. The number of methoxy groups -OCH3 is 1. The van der Waals surface area contributed by atoms with Gasteiger partial charge in [-0.25, -0.2) is 4.98 Å². The van der Waals surface area contributed by atoms with Crippen LogP contribution in [0.15, 0.2) is 30.3 Å². The smallest absolute Gasteiger partial charge is 0.132 e. The van der Waals surface area contributed by atoms with Gasteiger partial charge in [0.1, 0.15) is 5.82 Å². The summed E-state index contributed by atoms with van der Waals surface area (Å²) in [6, 6.07) is 10.4. The summed E-state index contributed by atoms with van der Waals surface area (Å²) in [7, 11) is 1.72. The van der Waals surface area contributed by atoms with Gasteiger partial charge >= 0.3 is 0 Å². The van der Waals surface area contributed by atoms with E-state index in [1.807, 2.05) is 12.1 Å². The molecule has 0 spiro atoms. The SMILES string of the molecule is COCCN(CCCN)c1nc2ccccc2cc1C. The largest absolute Gasteiger partial charge is 0.383 e. The molecule has 20 heavy (non-hydrogen) atoms. The molecule has 2 N–H and O–H groups in total. The Balaban J connectivity index is 2.32. The first kappa shape index (κ1) is 14.8. The molecule has 2 rings (SSSR count). The molecule has 108 valence electrons. The first-order valence-electron chi connectivity index (χ1n) is 7.06. The topological polar surface area (TPSA) is 51.4 Å². The van der Waals surface area contributed by atoms with Gasteiger partial charge in [0.15, 0.2) is 0 Å². The number of anilines is 1. The summed E-state index contributed by atoms with van der Waals surface area (Å²) in [4.78, 5) is 7.07. The van der Waals surface area contributed by atoms with Crippen LogP contribution in [-0.2, 0) is 4.74 Å². The van der Waals surface area contributed by atoms with Crippen molar-refractivity contribution in [2.24, 2.45) is 5.73 Å². The highest BCUT2D eigenvalue weighted by Gasteiger charge is 2.11. The number of benzene rings is 1. The number of ether oxygens (including phenoxy) is 1. The van der Waals surface area contributed by atoms with Gasteiger partial charge in [-0.05, 0) is 37.6 Å². The van der Waals surface area contributed by atoms with Crippen molar-refractivity contribution in [2.45, 2.75) is 13.3 Å². The maximum Gasteiger partial charge on any atom is 0.132 e. The Morgan fingerprint density at radius 2 is 2.05 bits per heavy atom. The maximum absolute atomic E-state index is 5.63. The van der Waals surface area contributed by atoms with E-state index in [2.05, 4.69) is 30.0 Å². The van der Waals surface area contributed by atoms with Gasteiger partial charge in [0.25, 0.3) is 0 Å². The van der Waals surface area contributed by atoms with E-state index in [4.69, 9.17) is 15.5 Å². The van der Waals surface area contributed by atoms with Gasteiger partial charge in [-0.3, -0.25) is 0 Å². The molecular formula is C16H23N3O. The quantitative estimate of drug-likeness (QED) is 0.841. The minimum Gasteiger partial charge on any atom is -0.383 e. The van der Waals surface area contributed by atoms with Gasteiger partial charge in [0.05, 0.1) is 12.1 Å². The first-order valence-corrected chi connectivity index (χ1v) is 7.06. The molecule has 4 heteroatoms. The van der Waals surface area contributed by atoms with Crippen molar-refractivity contribution < 1.29 is 4.74 Å². The van der Waals surface area contributed by atoms with E-state index in [1.165, 1.54) is 10.9 Å². The van der Waals surface area contributed by atoms with Gasteiger partial charge in [-0.15, -0.1) is 0 Å². The molecule has 0 aliphatic heterocycles. The highest BCUT2D eigenvalue weighted by atomic mass is 16.5. The highest BCUT2D eigenvalue weighted by molar-refractivity contribution is 5.81. The van der Waals surface area contributed by atoms with E-state index >= 15 is 0 Å². The molecule has 0 aliphatic carbocycles. The van der Waals surface area contributed by atoms with Crippen LogP contribution in [0.2, 0.25) is 0 Å². The van der Waals surface area contributed by atoms with Gasteiger partial charge in [0.2, 0.25) is 0 Å². The fourth-order valence-corrected chi connectivity index (χ4v) is 2.34. The first-order chi connectivity index (χ1) is 9.76. The van der Waals surface area contributed by atoms with E-state index in [-0.39, 0.29) is 0 Å². The Bertz CT molecular complexity index is 548. The number of aromatic nitrogens is 1. The van der Waals surface area contributed by atoms with Crippen molar-refractivity contribution in [3.8, 4) is 0 Å². The number of pyridine rings is 1. The molecule has 0 saturated carbocycles. The third kappa shape index (κ3) is 3.46. The third-order valence-corrected chi connectivity index (χ3v) is 3.38. The molecule has 0 aliphatic rings. The van der Waals surface area contributed by atoms with Gasteiger partial charge < -0.3 is 15.4 Å². The predicted octanol–water partition coefficient (Wildman–Crippen LogP) is 2.34. The fraction of sp³-hybridized carbons (Fsp3) is 0.438. The average Bonchev–Trinajstić information content (AvgIpc) is 2.47. The van der Waals surface area contributed by atoms with Crippen LogP contribution in [0.25, 0.3) is 10.9 Å². The zero-order valence-corrected chi connectivity index (χ0v) is 12.3. The molecule has 0 saturated heterocycles. The number of hydrogen-bond acceptors (Lipinski definition) is 4. The molecular weight excluding hydrogens is 250 g/mol. The van der Waals surface area contributed by atoms with Crippen molar-refractivity contribution in [3.05, 3.63) is 35.9 Å². The molecule has 1 aromatic carbocycles. The molecule has 0 unspecified atom stereocenters. The lowest BCUT2D eigenvalue weighted by Gasteiger charge is -2.25. The number of aryl methyl sites for hydroxylation is 1. The van der Waals surface area contributed by atoms with Crippen LogP contribution in [0.4, 0.5) is 5.82 Å². The lowest BCUT2D eigenvalue weighted by Crippen LogP contribution is -2.31. The Labute approximate surface area is 120 Å². The summed E-state index contributed by atoms with van der Waals surface area (Å²) < 4.78 is 5.20. The van der Waals surface area contributed by atoms with Crippen molar-refractivity contribution in [2.75, 3.05) is 38.3 Å². The summed E-state index contributed by atoms with van der Waals surface area (Å²) in [6.45, 7) is 5.24. The van der Waals surface area contributed by atoms with Crippen LogP contribution < -0.4 is 10.6 Å².